The normalized spacial score (nSPS) is 12.3. The van der Waals surface area contributed by atoms with E-state index in [9.17, 15) is 13.6 Å². The maximum Gasteiger partial charge on any atom is 0.387 e. The lowest BCUT2D eigenvalue weighted by Gasteiger charge is -2.17. The zero-order chi connectivity index (χ0) is 17.0. The number of benzene rings is 1. The lowest BCUT2D eigenvalue weighted by Crippen LogP contribution is -2.26. The van der Waals surface area contributed by atoms with Gasteiger partial charge < -0.3 is 10.1 Å². The number of aromatic nitrogens is 2. The van der Waals surface area contributed by atoms with E-state index in [1.165, 1.54) is 16.8 Å². The van der Waals surface area contributed by atoms with E-state index in [0.717, 1.165) is 10.0 Å². The van der Waals surface area contributed by atoms with Gasteiger partial charge in [-0.3, -0.25) is 9.48 Å². The van der Waals surface area contributed by atoms with Gasteiger partial charge in [-0.2, -0.15) is 13.9 Å². The van der Waals surface area contributed by atoms with Crippen molar-refractivity contribution in [1.82, 2.24) is 9.78 Å². The monoisotopic (exact) mass is 387 g/mol. The summed E-state index contributed by atoms with van der Waals surface area (Å²) in [5.41, 5.74) is 0.951. The van der Waals surface area contributed by atoms with Crippen molar-refractivity contribution in [3.63, 3.8) is 0 Å². The third kappa shape index (κ3) is 4.51. The molecule has 0 aliphatic carbocycles. The van der Waals surface area contributed by atoms with Gasteiger partial charge in [0.25, 0.3) is 0 Å². The number of rotatable bonds is 6. The molecule has 2 aromatic rings. The second kappa shape index (κ2) is 7.54. The van der Waals surface area contributed by atoms with E-state index in [4.69, 9.17) is 0 Å². The number of carbonyl (C=O) groups is 1. The molecule has 1 atom stereocenters. The summed E-state index contributed by atoms with van der Waals surface area (Å²) in [7, 11) is 0. The lowest BCUT2D eigenvalue weighted by molar-refractivity contribution is -0.119. The highest BCUT2D eigenvalue weighted by molar-refractivity contribution is 9.10. The molecule has 0 saturated heterocycles. The van der Waals surface area contributed by atoms with Gasteiger partial charge >= 0.3 is 6.61 Å². The number of alkyl halides is 2. The van der Waals surface area contributed by atoms with Crippen LogP contribution >= 0.6 is 15.9 Å². The minimum atomic E-state index is -2.96. The summed E-state index contributed by atoms with van der Waals surface area (Å²) in [5, 5.41) is 6.72. The predicted octanol–water partition coefficient (Wildman–Crippen LogP) is 4.15. The van der Waals surface area contributed by atoms with Crippen LogP contribution in [0.2, 0.25) is 0 Å². The molecule has 0 radical (unpaired) electrons. The van der Waals surface area contributed by atoms with Gasteiger partial charge in [-0.1, -0.05) is 13.0 Å². The van der Waals surface area contributed by atoms with Gasteiger partial charge in [-0.15, -0.1) is 0 Å². The van der Waals surface area contributed by atoms with Crippen LogP contribution < -0.4 is 10.1 Å². The quantitative estimate of drug-likeness (QED) is 0.809. The van der Waals surface area contributed by atoms with Crippen LogP contribution in [0.4, 0.5) is 14.5 Å². The Labute approximate surface area is 140 Å². The third-order valence-electron chi connectivity index (χ3n) is 3.19. The van der Waals surface area contributed by atoms with Crippen molar-refractivity contribution in [3.05, 3.63) is 40.6 Å². The van der Waals surface area contributed by atoms with Gasteiger partial charge in [0.05, 0.1) is 16.4 Å². The summed E-state index contributed by atoms with van der Waals surface area (Å²) in [4.78, 5) is 12.4. The van der Waals surface area contributed by atoms with Crippen molar-refractivity contribution in [2.75, 3.05) is 5.32 Å². The largest absolute Gasteiger partial charge is 0.433 e. The number of ether oxygens (including phenoxy) is 1. The van der Waals surface area contributed by atoms with Crippen LogP contribution in [0.5, 0.6) is 5.75 Å². The number of hydrogen-bond acceptors (Lipinski definition) is 3. The van der Waals surface area contributed by atoms with E-state index in [1.54, 1.807) is 25.4 Å². The van der Waals surface area contributed by atoms with Gasteiger partial charge in [-0.05, 0) is 47.0 Å². The number of aryl methyl sites for hydroxylation is 1. The first-order valence-corrected chi connectivity index (χ1v) is 7.76. The summed E-state index contributed by atoms with van der Waals surface area (Å²) in [6.07, 6.45) is 3.75. The molecule has 0 spiro atoms. The fourth-order valence-electron chi connectivity index (χ4n) is 2.12. The SMILES string of the molecule is CCC(C(=O)Nc1ccc(C)cc1OC(F)F)n1cc(Br)cn1. The smallest absolute Gasteiger partial charge is 0.387 e. The molecule has 1 amide bonds. The summed E-state index contributed by atoms with van der Waals surface area (Å²) < 4.78 is 31.8. The molecule has 1 heterocycles. The summed E-state index contributed by atoms with van der Waals surface area (Å²) in [5.74, 6) is -0.420. The molecule has 0 fully saturated rings. The first kappa shape index (κ1) is 17.4. The van der Waals surface area contributed by atoms with Crippen molar-refractivity contribution in [3.8, 4) is 5.75 Å². The second-order valence-electron chi connectivity index (χ2n) is 4.93. The Morgan fingerprint density at radius 2 is 2.22 bits per heavy atom. The number of nitrogens with one attached hydrogen (secondary N) is 1. The van der Waals surface area contributed by atoms with Crippen LogP contribution in [-0.4, -0.2) is 22.3 Å². The minimum absolute atomic E-state index is 0.0650. The number of halogens is 3. The summed E-state index contributed by atoms with van der Waals surface area (Å²) in [6.45, 7) is 0.627. The predicted molar refractivity (Wildman–Crippen MR) is 85.7 cm³/mol. The van der Waals surface area contributed by atoms with E-state index in [0.29, 0.717) is 6.42 Å². The Balaban J connectivity index is 2.21. The number of nitrogens with zero attached hydrogens (tertiary/aromatic N) is 2. The molecule has 0 aliphatic heterocycles. The molecule has 8 heteroatoms. The highest BCUT2D eigenvalue weighted by atomic mass is 79.9. The van der Waals surface area contributed by atoms with E-state index < -0.39 is 12.7 Å². The van der Waals surface area contributed by atoms with Crippen LogP contribution in [0.15, 0.2) is 35.1 Å². The maximum atomic E-state index is 12.5. The molecular weight excluding hydrogens is 372 g/mol. The van der Waals surface area contributed by atoms with Gasteiger partial charge in [0.15, 0.2) is 0 Å². The van der Waals surface area contributed by atoms with Gasteiger partial charge in [0, 0.05) is 6.20 Å². The molecule has 2 rings (SSSR count). The fraction of sp³-hybridized carbons (Fsp3) is 0.333. The molecule has 23 heavy (non-hydrogen) atoms. The number of amides is 1. The molecule has 0 bridgehead atoms. The zero-order valence-electron chi connectivity index (χ0n) is 12.6. The molecule has 124 valence electrons. The van der Waals surface area contributed by atoms with E-state index in [2.05, 4.69) is 31.1 Å². The average Bonchev–Trinajstić information content (AvgIpc) is 2.88. The van der Waals surface area contributed by atoms with Gasteiger partial charge in [0.2, 0.25) is 5.91 Å². The van der Waals surface area contributed by atoms with Crippen LogP contribution in [0, 0.1) is 6.92 Å². The Kier molecular flexibility index (Phi) is 5.70. The maximum absolute atomic E-state index is 12.5. The van der Waals surface area contributed by atoms with E-state index >= 15 is 0 Å². The third-order valence-corrected chi connectivity index (χ3v) is 3.60. The molecule has 1 unspecified atom stereocenters. The molecule has 0 aliphatic rings. The first-order chi connectivity index (χ1) is 10.9. The van der Waals surface area contributed by atoms with Crippen molar-refractivity contribution in [2.45, 2.75) is 32.9 Å². The highest BCUT2D eigenvalue weighted by Crippen LogP contribution is 2.28. The number of hydrogen-bond donors (Lipinski definition) is 1. The molecule has 1 aromatic carbocycles. The first-order valence-electron chi connectivity index (χ1n) is 6.96. The van der Waals surface area contributed by atoms with E-state index in [1.807, 2.05) is 6.92 Å². The lowest BCUT2D eigenvalue weighted by atomic mass is 10.1. The van der Waals surface area contributed by atoms with Crippen LogP contribution in [0.25, 0.3) is 0 Å². The summed E-state index contributed by atoms with van der Waals surface area (Å²) in [6, 6.07) is 4.14. The highest BCUT2D eigenvalue weighted by Gasteiger charge is 2.21. The number of anilines is 1. The molecular formula is C15H16BrF2N3O2. The Morgan fingerprint density at radius 1 is 1.48 bits per heavy atom. The molecule has 1 N–H and O–H groups in total. The Bertz CT molecular complexity index is 691. The number of carbonyl (C=O) groups excluding carboxylic acids is 1. The van der Waals surface area contributed by atoms with Gasteiger partial charge in [-0.25, -0.2) is 0 Å². The topological polar surface area (TPSA) is 56.1 Å². The van der Waals surface area contributed by atoms with Crippen molar-refractivity contribution >= 4 is 27.5 Å². The van der Waals surface area contributed by atoms with Crippen molar-refractivity contribution in [1.29, 1.82) is 0 Å². The average molecular weight is 388 g/mol. The van der Waals surface area contributed by atoms with E-state index in [-0.39, 0.29) is 17.3 Å². The minimum Gasteiger partial charge on any atom is -0.433 e. The second-order valence-corrected chi connectivity index (χ2v) is 5.85. The van der Waals surface area contributed by atoms with Crippen molar-refractivity contribution in [2.24, 2.45) is 0 Å². The van der Waals surface area contributed by atoms with Crippen LogP contribution in [-0.2, 0) is 4.79 Å². The zero-order valence-corrected chi connectivity index (χ0v) is 14.2. The molecule has 1 aromatic heterocycles. The summed E-state index contributed by atoms with van der Waals surface area (Å²) >= 11 is 3.27. The Hall–Kier alpha value is -1.96. The molecule has 5 nitrogen and oxygen atoms in total. The van der Waals surface area contributed by atoms with Crippen molar-refractivity contribution < 1.29 is 18.3 Å². The standard InChI is InChI=1S/C15H16BrF2N3O2/c1-3-12(21-8-10(16)7-19-21)14(22)20-11-5-4-9(2)6-13(11)23-15(17)18/h4-8,12,15H,3H2,1-2H3,(H,20,22). The van der Waals surface area contributed by atoms with Gasteiger partial charge in [0.1, 0.15) is 11.8 Å². The van der Waals surface area contributed by atoms with Crippen LogP contribution in [0.1, 0.15) is 24.9 Å². The fourth-order valence-corrected chi connectivity index (χ4v) is 2.42. The Morgan fingerprint density at radius 3 is 2.78 bits per heavy atom. The van der Waals surface area contributed by atoms with Crippen LogP contribution in [0.3, 0.4) is 0 Å². The molecule has 0 saturated carbocycles.